The number of aromatic nitrogens is 2. The molecular weight excluding hydrogens is 248 g/mol. The lowest BCUT2D eigenvalue weighted by Crippen LogP contribution is -2.19. The Bertz CT molecular complexity index is 610. The molecule has 20 heavy (non-hydrogen) atoms. The monoisotopic (exact) mass is 270 g/mol. The summed E-state index contributed by atoms with van der Waals surface area (Å²) in [5.74, 6) is 0. The van der Waals surface area contributed by atoms with E-state index < -0.39 is 0 Å². The van der Waals surface area contributed by atoms with Gasteiger partial charge in [0.25, 0.3) is 0 Å². The summed E-state index contributed by atoms with van der Waals surface area (Å²) in [4.78, 5) is 0. The molecule has 1 heterocycles. The summed E-state index contributed by atoms with van der Waals surface area (Å²) in [7, 11) is 0. The van der Waals surface area contributed by atoms with E-state index >= 15 is 0 Å². The quantitative estimate of drug-likeness (QED) is 0.824. The van der Waals surface area contributed by atoms with E-state index in [-0.39, 0.29) is 6.04 Å². The van der Waals surface area contributed by atoms with Crippen molar-refractivity contribution in [3.63, 3.8) is 0 Å². The Morgan fingerprint density at radius 3 is 2.60 bits per heavy atom. The third kappa shape index (κ3) is 2.10. The first kappa shape index (κ1) is 13.2. The van der Waals surface area contributed by atoms with Crippen LogP contribution in [0.15, 0.2) is 24.3 Å². The van der Waals surface area contributed by atoms with Gasteiger partial charge in [-0.15, -0.1) is 0 Å². The third-order valence-corrected chi connectivity index (χ3v) is 4.02. The van der Waals surface area contributed by atoms with Gasteiger partial charge in [-0.3, -0.25) is 4.68 Å². The molecule has 0 amide bonds. The fraction of sp³-hybridized carbons (Fsp3) is 0.438. The highest BCUT2D eigenvalue weighted by Gasteiger charge is 2.27. The van der Waals surface area contributed by atoms with Crippen LogP contribution in [0.5, 0.6) is 0 Å². The molecule has 1 unspecified atom stereocenters. The van der Waals surface area contributed by atoms with Crippen molar-refractivity contribution in [2.24, 2.45) is 5.73 Å². The zero-order valence-corrected chi connectivity index (χ0v) is 12.1. The first-order valence-electron chi connectivity index (χ1n) is 7.30. The maximum Gasteiger partial charge on any atom is 0.0973 e. The van der Waals surface area contributed by atoms with Crippen molar-refractivity contribution in [1.82, 2.24) is 9.78 Å². The average Bonchev–Trinajstić information content (AvgIpc) is 2.81. The number of nitrogens with two attached hydrogens (primary N) is 2. The van der Waals surface area contributed by atoms with Crippen LogP contribution in [0.3, 0.4) is 0 Å². The highest BCUT2D eigenvalue weighted by molar-refractivity contribution is 5.67. The number of nitrogens with zero attached hydrogens (tertiary/aromatic N) is 2. The van der Waals surface area contributed by atoms with Crippen LogP contribution in [0, 0.1) is 0 Å². The van der Waals surface area contributed by atoms with E-state index in [1.54, 1.807) is 0 Å². The first-order chi connectivity index (χ1) is 9.58. The number of fused-ring (bicyclic) bond motifs is 1. The van der Waals surface area contributed by atoms with Gasteiger partial charge in [0.1, 0.15) is 0 Å². The van der Waals surface area contributed by atoms with Gasteiger partial charge in [0.15, 0.2) is 0 Å². The highest BCUT2D eigenvalue weighted by Crippen LogP contribution is 2.37. The zero-order valence-electron chi connectivity index (χ0n) is 12.1. The van der Waals surface area contributed by atoms with Gasteiger partial charge in [0.05, 0.1) is 5.69 Å². The molecule has 0 aliphatic heterocycles. The summed E-state index contributed by atoms with van der Waals surface area (Å²) >= 11 is 0. The van der Waals surface area contributed by atoms with Crippen LogP contribution in [0.4, 0.5) is 5.69 Å². The van der Waals surface area contributed by atoms with Gasteiger partial charge in [-0.1, -0.05) is 12.1 Å². The Labute approximate surface area is 119 Å². The topological polar surface area (TPSA) is 69.9 Å². The van der Waals surface area contributed by atoms with Crippen molar-refractivity contribution in [2.75, 3.05) is 5.73 Å². The fourth-order valence-corrected chi connectivity index (χ4v) is 3.04. The van der Waals surface area contributed by atoms with Crippen LogP contribution >= 0.6 is 0 Å². The molecule has 3 rings (SSSR count). The molecule has 1 aromatic heterocycles. The standard InChI is InChI=1S/C16H22N4/c1-10(2)20-14-5-3-4-13(18)15(14)16(19-20)11-6-8-12(17)9-7-11/h6-10,13H,3-5,17-18H2,1-2H3. The molecule has 1 aliphatic rings. The lowest BCUT2D eigenvalue weighted by atomic mass is 9.89. The molecule has 0 fully saturated rings. The van der Waals surface area contributed by atoms with Crippen molar-refractivity contribution in [3.05, 3.63) is 35.5 Å². The largest absolute Gasteiger partial charge is 0.399 e. The van der Waals surface area contributed by atoms with Crippen LogP contribution in [0.1, 0.15) is 50.0 Å². The third-order valence-electron chi connectivity index (χ3n) is 4.02. The molecule has 4 heteroatoms. The molecule has 1 aromatic carbocycles. The average molecular weight is 270 g/mol. The molecule has 1 aliphatic carbocycles. The summed E-state index contributed by atoms with van der Waals surface area (Å²) in [6.07, 6.45) is 3.26. The van der Waals surface area contributed by atoms with E-state index in [1.807, 2.05) is 24.3 Å². The van der Waals surface area contributed by atoms with E-state index in [4.69, 9.17) is 16.6 Å². The molecule has 2 aromatic rings. The number of anilines is 1. The fourth-order valence-electron chi connectivity index (χ4n) is 3.04. The van der Waals surface area contributed by atoms with E-state index in [2.05, 4.69) is 18.5 Å². The lowest BCUT2D eigenvalue weighted by molar-refractivity contribution is 0.480. The molecule has 0 saturated carbocycles. The minimum Gasteiger partial charge on any atom is -0.399 e. The number of nitrogen functional groups attached to an aromatic ring is 1. The zero-order chi connectivity index (χ0) is 14.3. The van der Waals surface area contributed by atoms with E-state index in [0.29, 0.717) is 6.04 Å². The Hall–Kier alpha value is -1.81. The van der Waals surface area contributed by atoms with Crippen molar-refractivity contribution in [3.8, 4) is 11.3 Å². The predicted molar refractivity (Wildman–Crippen MR) is 82.3 cm³/mol. The summed E-state index contributed by atoms with van der Waals surface area (Å²) in [5.41, 5.74) is 17.6. The molecule has 1 atom stereocenters. The molecule has 0 saturated heterocycles. The van der Waals surface area contributed by atoms with Gasteiger partial charge in [0.2, 0.25) is 0 Å². The Morgan fingerprint density at radius 1 is 1.25 bits per heavy atom. The maximum atomic E-state index is 6.35. The Balaban J connectivity index is 2.17. The SMILES string of the molecule is CC(C)n1nc(-c2ccc(N)cc2)c2c1CCCC2N. The van der Waals surface area contributed by atoms with Crippen molar-refractivity contribution in [1.29, 1.82) is 0 Å². The summed E-state index contributed by atoms with van der Waals surface area (Å²) in [5, 5.41) is 4.84. The summed E-state index contributed by atoms with van der Waals surface area (Å²) < 4.78 is 2.14. The van der Waals surface area contributed by atoms with Crippen LogP contribution in [0.2, 0.25) is 0 Å². The van der Waals surface area contributed by atoms with Gasteiger partial charge in [0, 0.05) is 34.6 Å². The molecule has 0 radical (unpaired) electrons. The Kier molecular flexibility index (Phi) is 3.26. The maximum absolute atomic E-state index is 6.35. The van der Waals surface area contributed by atoms with Crippen molar-refractivity contribution in [2.45, 2.75) is 45.2 Å². The number of benzene rings is 1. The van der Waals surface area contributed by atoms with Gasteiger partial charge >= 0.3 is 0 Å². The normalized spacial score (nSPS) is 18.3. The molecule has 4 N–H and O–H groups in total. The summed E-state index contributed by atoms with van der Waals surface area (Å²) in [6.45, 7) is 4.33. The van der Waals surface area contributed by atoms with Gasteiger partial charge in [-0.25, -0.2) is 0 Å². The number of hydrogen-bond donors (Lipinski definition) is 2. The molecular formula is C16H22N4. The van der Waals surface area contributed by atoms with E-state index in [1.165, 1.54) is 11.3 Å². The smallest absolute Gasteiger partial charge is 0.0973 e. The van der Waals surface area contributed by atoms with Crippen molar-refractivity contribution >= 4 is 5.69 Å². The van der Waals surface area contributed by atoms with E-state index in [0.717, 1.165) is 36.2 Å². The predicted octanol–water partition coefficient (Wildman–Crippen LogP) is 3.05. The number of rotatable bonds is 2. The van der Waals surface area contributed by atoms with Crippen LogP contribution in [0.25, 0.3) is 11.3 Å². The molecule has 106 valence electrons. The van der Waals surface area contributed by atoms with Gasteiger partial charge in [-0.2, -0.15) is 5.10 Å². The van der Waals surface area contributed by atoms with E-state index in [9.17, 15) is 0 Å². The molecule has 0 bridgehead atoms. The second-order valence-electron chi connectivity index (χ2n) is 5.87. The first-order valence-corrected chi connectivity index (χ1v) is 7.30. The summed E-state index contributed by atoms with van der Waals surface area (Å²) in [6, 6.07) is 8.36. The van der Waals surface area contributed by atoms with Crippen LogP contribution < -0.4 is 11.5 Å². The van der Waals surface area contributed by atoms with Gasteiger partial charge < -0.3 is 11.5 Å². The van der Waals surface area contributed by atoms with Crippen LogP contribution in [-0.2, 0) is 6.42 Å². The number of hydrogen-bond acceptors (Lipinski definition) is 3. The molecule has 4 nitrogen and oxygen atoms in total. The minimum absolute atomic E-state index is 0.0961. The molecule has 0 spiro atoms. The van der Waals surface area contributed by atoms with Gasteiger partial charge in [-0.05, 0) is 45.2 Å². The second-order valence-corrected chi connectivity index (χ2v) is 5.87. The Morgan fingerprint density at radius 2 is 1.95 bits per heavy atom. The highest BCUT2D eigenvalue weighted by atomic mass is 15.3. The second kappa shape index (κ2) is 4.94. The van der Waals surface area contributed by atoms with Crippen LogP contribution in [-0.4, -0.2) is 9.78 Å². The lowest BCUT2D eigenvalue weighted by Gasteiger charge is -2.21. The van der Waals surface area contributed by atoms with Crippen molar-refractivity contribution < 1.29 is 0 Å². The minimum atomic E-state index is 0.0961.